The van der Waals surface area contributed by atoms with E-state index in [1.807, 2.05) is 19.1 Å². The number of morpholine rings is 1. The SMILES string of the molecule is CN(C)NCCCN1CCOCC1. The van der Waals surface area contributed by atoms with E-state index >= 15 is 0 Å². The quantitative estimate of drug-likeness (QED) is 0.475. The second-order valence-corrected chi connectivity index (χ2v) is 3.61. The van der Waals surface area contributed by atoms with E-state index in [1.165, 1.54) is 13.0 Å². The molecule has 4 heteroatoms. The maximum Gasteiger partial charge on any atom is 0.0594 e. The molecule has 0 radical (unpaired) electrons. The van der Waals surface area contributed by atoms with E-state index in [9.17, 15) is 0 Å². The van der Waals surface area contributed by atoms with Gasteiger partial charge in [-0.05, 0) is 13.0 Å². The average Bonchev–Trinajstić information content (AvgIpc) is 2.14. The number of ether oxygens (including phenoxy) is 1. The molecule has 1 fully saturated rings. The average molecular weight is 187 g/mol. The molecule has 1 aliphatic heterocycles. The van der Waals surface area contributed by atoms with Crippen molar-refractivity contribution in [3.63, 3.8) is 0 Å². The van der Waals surface area contributed by atoms with Crippen molar-refractivity contribution in [1.29, 1.82) is 0 Å². The van der Waals surface area contributed by atoms with Crippen LogP contribution in [0.15, 0.2) is 0 Å². The number of nitrogens with zero attached hydrogens (tertiary/aromatic N) is 2. The van der Waals surface area contributed by atoms with Crippen LogP contribution in [-0.4, -0.2) is 63.4 Å². The summed E-state index contributed by atoms with van der Waals surface area (Å²) in [6.07, 6.45) is 1.21. The van der Waals surface area contributed by atoms with Gasteiger partial charge >= 0.3 is 0 Å². The first kappa shape index (κ1) is 10.9. The van der Waals surface area contributed by atoms with Gasteiger partial charge in [-0.2, -0.15) is 0 Å². The third kappa shape index (κ3) is 5.21. The summed E-state index contributed by atoms with van der Waals surface area (Å²) in [5, 5.41) is 2.00. The predicted molar refractivity (Wildman–Crippen MR) is 53.6 cm³/mol. The zero-order chi connectivity index (χ0) is 9.52. The summed E-state index contributed by atoms with van der Waals surface area (Å²) in [5.74, 6) is 0. The summed E-state index contributed by atoms with van der Waals surface area (Å²) in [6, 6.07) is 0. The smallest absolute Gasteiger partial charge is 0.0594 e. The standard InChI is InChI=1S/C9H21N3O/c1-11(2)10-4-3-5-12-6-8-13-9-7-12/h10H,3-9H2,1-2H3. The second-order valence-electron chi connectivity index (χ2n) is 3.61. The van der Waals surface area contributed by atoms with Crippen LogP contribution < -0.4 is 5.43 Å². The maximum atomic E-state index is 5.28. The fourth-order valence-electron chi connectivity index (χ4n) is 1.43. The Morgan fingerprint density at radius 3 is 2.62 bits per heavy atom. The van der Waals surface area contributed by atoms with E-state index in [0.717, 1.165) is 32.8 Å². The molecular weight excluding hydrogens is 166 g/mol. The van der Waals surface area contributed by atoms with Crippen LogP contribution >= 0.6 is 0 Å². The van der Waals surface area contributed by atoms with E-state index < -0.39 is 0 Å². The van der Waals surface area contributed by atoms with E-state index in [4.69, 9.17) is 4.74 Å². The van der Waals surface area contributed by atoms with Crippen LogP contribution in [-0.2, 0) is 4.74 Å². The lowest BCUT2D eigenvalue weighted by Crippen LogP contribution is -2.39. The summed E-state index contributed by atoms with van der Waals surface area (Å²) < 4.78 is 5.28. The molecule has 1 saturated heterocycles. The van der Waals surface area contributed by atoms with Crippen LogP contribution in [0.25, 0.3) is 0 Å². The molecular formula is C9H21N3O. The first-order chi connectivity index (χ1) is 6.29. The van der Waals surface area contributed by atoms with E-state index in [0.29, 0.717) is 0 Å². The maximum absolute atomic E-state index is 5.28. The van der Waals surface area contributed by atoms with Gasteiger partial charge in [0.05, 0.1) is 13.2 Å². The topological polar surface area (TPSA) is 27.7 Å². The normalized spacial score (nSPS) is 19.6. The first-order valence-corrected chi connectivity index (χ1v) is 5.00. The monoisotopic (exact) mass is 187 g/mol. The Labute approximate surface area is 80.8 Å². The minimum Gasteiger partial charge on any atom is -0.379 e. The molecule has 1 rings (SSSR count). The lowest BCUT2D eigenvalue weighted by Gasteiger charge is -2.26. The second kappa shape index (κ2) is 6.32. The van der Waals surface area contributed by atoms with Gasteiger partial charge in [-0.3, -0.25) is 15.3 Å². The fourth-order valence-corrected chi connectivity index (χ4v) is 1.43. The molecule has 0 amide bonds. The molecule has 0 aliphatic carbocycles. The van der Waals surface area contributed by atoms with Gasteiger partial charge in [0.15, 0.2) is 0 Å². The largest absolute Gasteiger partial charge is 0.379 e. The minimum absolute atomic E-state index is 0.904. The van der Waals surface area contributed by atoms with E-state index in [-0.39, 0.29) is 0 Å². The lowest BCUT2D eigenvalue weighted by molar-refractivity contribution is 0.0369. The highest BCUT2D eigenvalue weighted by Gasteiger charge is 2.08. The van der Waals surface area contributed by atoms with Crippen LogP contribution in [0.2, 0.25) is 0 Å². The van der Waals surface area contributed by atoms with Gasteiger partial charge in [0.25, 0.3) is 0 Å². The van der Waals surface area contributed by atoms with Crippen molar-refractivity contribution in [3.8, 4) is 0 Å². The third-order valence-electron chi connectivity index (χ3n) is 2.18. The fraction of sp³-hybridized carbons (Fsp3) is 1.00. The summed E-state index contributed by atoms with van der Waals surface area (Å²) >= 11 is 0. The van der Waals surface area contributed by atoms with Gasteiger partial charge in [-0.25, -0.2) is 0 Å². The summed E-state index contributed by atoms with van der Waals surface area (Å²) in [6.45, 7) is 6.25. The molecule has 0 aromatic heterocycles. The third-order valence-corrected chi connectivity index (χ3v) is 2.18. The molecule has 0 bridgehead atoms. The molecule has 78 valence electrons. The highest BCUT2D eigenvalue weighted by molar-refractivity contribution is 4.61. The molecule has 0 spiro atoms. The zero-order valence-corrected chi connectivity index (χ0v) is 8.75. The van der Waals surface area contributed by atoms with Crippen LogP contribution in [0.5, 0.6) is 0 Å². The lowest BCUT2D eigenvalue weighted by atomic mass is 10.3. The summed E-state index contributed by atoms with van der Waals surface area (Å²) in [4.78, 5) is 2.46. The molecule has 0 unspecified atom stereocenters. The van der Waals surface area contributed by atoms with Crippen LogP contribution in [0.4, 0.5) is 0 Å². The Kier molecular flexibility index (Phi) is 5.31. The van der Waals surface area contributed by atoms with Gasteiger partial charge in [0.2, 0.25) is 0 Å². The van der Waals surface area contributed by atoms with Gasteiger partial charge in [-0.15, -0.1) is 0 Å². The summed E-state index contributed by atoms with van der Waals surface area (Å²) in [7, 11) is 4.05. The van der Waals surface area contributed by atoms with E-state index in [1.54, 1.807) is 0 Å². The molecule has 13 heavy (non-hydrogen) atoms. The Morgan fingerprint density at radius 2 is 2.00 bits per heavy atom. The van der Waals surface area contributed by atoms with Crippen LogP contribution in [0, 0.1) is 0 Å². The highest BCUT2D eigenvalue weighted by Crippen LogP contribution is 1.96. The number of hydrogen-bond donors (Lipinski definition) is 1. The molecule has 0 atom stereocenters. The molecule has 1 aliphatic rings. The Bertz CT molecular complexity index is 124. The van der Waals surface area contributed by atoms with Crippen molar-refractivity contribution in [2.24, 2.45) is 0 Å². The van der Waals surface area contributed by atoms with E-state index in [2.05, 4.69) is 10.3 Å². The molecule has 1 N–H and O–H groups in total. The van der Waals surface area contributed by atoms with Gasteiger partial charge < -0.3 is 4.74 Å². The zero-order valence-electron chi connectivity index (χ0n) is 8.75. The van der Waals surface area contributed by atoms with Crippen molar-refractivity contribution < 1.29 is 4.74 Å². The first-order valence-electron chi connectivity index (χ1n) is 5.00. The number of rotatable bonds is 5. The molecule has 4 nitrogen and oxygen atoms in total. The van der Waals surface area contributed by atoms with Gasteiger partial charge in [0.1, 0.15) is 0 Å². The molecule has 0 saturated carbocycles. The Hall–Kier alpha value is -0.160. The molecule has 1 heterocycles. The molecule has 0 aromatic rings. The Balaban J connectivity index is 1.92. The minimum atomic E-state index is 0.904. The van der Waals surface area contributed by atoms with Crippen molar-refractivity contribution in [1.82, 2.24) is 15.3 Å². The van der Waals surface area contributed by atoms with Crippen molar-refractivity contribution in [3.05, 3.63) is 0 Å². The van der Waals surface area contributed by atoms with Gasteiger partial charge in [0, 0.05) is 33.7 Å². The predicted octanol–water partition coefficient (Wildman–Crippen LogP) is -0.225. The number of hydrazine groups is 1. The number of nitrogens with one attached hydrogen (secondary N) is 1. The number of hydrogen-bond acceptors (Lipinski definition) is 4. The van der Waals surface area contributed by atoms with Crippen molar-refractivity contribution in [2.45, 2.75) is 6.42 Å². The highest BCUT2D eigenvalue weighted by atomic mass is 16.5. The van der Waals surface area contributed by atoms with Crippen LogP contribution in [0.1, 0.15) is 6.42 Å². The Morgan fingerprint density at radius 1 is 1.31 bits per heavy atom. The molecule has 0 aromatic carbocycles. The van der Waals surface area contributed by atoms with Crippen LogP contribution in [0.3, 0.4) is 0 Å². The van der Waals surface area contributed by atoms with Gasteiger partial charge in [-0.1, -0.05) is 0 Å². The van der Waals surface area contributed by atoms with Crippen molar-refractivity contribution in [2.75, 3.05) is 53.5 Å². The van der Waals surface area contributed by atoms with Crippen molar-refractivity contribution >= 4 is 0 Å². The summed E-state index contributed by atoms with van der Waals surface area (Å²) in [5.41, 5.74) is 3.26.